The molecule has 0 saturated carbocycles. The molecular formula is C19H19N5O3. The van der Waals surface area contributed by atoms with Crippen molar-refractivity contribution in [3.63, 3.8) is 0 Å². The molecule has 0 aliphatic carbocycles. The molecule has 0 atom stereocenters. The molecule has 2 amide bonds. The number of anilines is 1. The largest absolute Gasteiger partial charge is 0.370 e. The topological polar surface area (TPSA) is 83.5 Å². The van der Waals surface area contributed by atoms with Crippen LogP contribution in [0.1, 0.15) is 16.2 Å². The van der Waals surface area contributed by atoms with Crippen molar-refractivity contribution in [2.75, 3.05) is 31.2 Å². The maximum Gasteiger partial charge on any atom is 0.270 e. The predicted molar refractivity (Wildman–Crippen MR) is 98.4 cm³/mol. The number of H-pyrrole nitrogens is 1. The molecule has 2 aliphatic rings. The van der Waals surface area contributed by atoms with Crippen LogP contribution in [-0.2, 0) is 22.6 Å². The van der Waals surface area contributed by atoms with Gasteiger partial charge in [-0.15, -0.1) is 0 Å². The monoisotopic (exact) mass is 365 g/mol. The molecule has 0 spiro atoms. The molecule has 4 heterocycles. The van der Waals surface area contributed by atoms with Gasteiger partial charge in [0.25, 0.3) is 11.8 Å². The molecule has 1 fully saturated rings. The van der Waals surface area contributed by atoms with Crippen LogP contribution in [0, 0.1) is 0 Å². The van der Waals surface area contributed by atoms with Crippen molar-refractivity contribution < 1.29 is 14.3 Å². The van der Waals surface area contributed by atoms with Gasteiger partial charge in [-0.25, -0.2) is 0 Å². The van der Waals surface area contributed by atoms with Gasteiger partial charge in [0.15, 0.2) is 0 Å². The minimum atomic E-state index is -0.0730. The Bertz CT molecular complexity index is 1000. The molecule has 0 radical (unpaired) electrons. The SMILES string of the molecule is O=C(c1cc2ccccc2[nH]1)N1CCn2ncc(N3CCOCC3=O)c2C1. The number of rotatable bonds is 2. The molecule has 2 aromatic heterocycles. The fourth-order valence-corrected chi connectivity index (χ4v) is 3.76. The van der Waals surface area contributed by atoms with Crippen LogP contribution >= 0.6 is 0 Å². The minimum Gasteiger partial charge on any atom is -0.370 e. The van der Waals surface area contributed by atoms with Crippen LogP contribution in [0.25, 0.3) is 10.9 Å². The third kappa shape index (κ3) is 2.69. The summed E-state index contributed by atoms with van der Waals surface area (Å²) in [7, 11) is 0. The maximum absolute atomic E-state index is 13.0. The van der Waals surface area contributed by atoms with Crippen molar-refractivity contribution in [2.45, 2.75) is 13.1 Å². The highest BCUT2D eigenvalue weighted by Gasteiger charge is 2.30. The van der Waals surface area contributed by atoms with Crippen LogP contribution < -0.4 is 4.90 Å². The summed E-state index contributed by atoms with van der Waals surface area (Å²) in [5.74, 6) is -0.117. The summed E-state index contributed by atoms with van der Waals surface area (Å²) in [6.45, 7) is 2.72. The number of para-hydroxylation sites is 1. The van der Waals surface area contributed by atoms with Crippen molar-refractivity contribution in [3.05, 3.63) is 47.9 Å². The summed E-state index contributed by atoms with van der Waals surface area (Å²) in [6, 6.07) is 9.72. The number of morpholine rings is 1. The molecule has 1 aromatic carbocycles. The van der Waals surface area contributed by atoms with E-state index in [1.807, 2.05) is 35.0 Å². The van der Waals surface area contributed by atoms with Gasteiger partial charge < -0.3 is 19.5 Å². The average Bonchev–Trinajstić information content (AvgIpc) is 3.31. The Balaban J connectivity index is 1.42. The first-order valence-corrected chi connectivity index (χ1v) is 9.00. The molecular weight excluding hydrogens is 346 g/mol. The van der Waals surface area contributed by atoms with Gasteiger partial charge in [-0.1, -0.05) is 18.2 Å². The van der Waals surface area contributed by atoms with Gasteiger partial charge >= 0.3 is 0 Å². The number of hydrogen-bond acceptors (Lipinski definition) is 4. The van der Waals surface area contributed by atoms with Crippen molar-refractivity contribution in [1.82, 2.24) is 19.7 Å². The number of nitrogens with one attached hydrogen (secondary N) is 1. The summed E-state index contributed by atoms with van der Waals surface area (Å²) >= 11 is 0. The lowest BCUT2D eigenvalue weighted by Gasteiger charge is -2.31. The summed E-state index contributed by atoms with van der Waals surface area (Å²) in [6.07, 6.45) is 1.72. The zero-order chi connectivity index (χ0) is 18.4. The lowest BCUT2D eigenvalue weighted by Crippen LogP contribution is -2.43. The lowest BCUT2D eigenvalue weighted by atomic mass is 10.2. The summed E-state index contributed by atoms with van der Waals surface area (Å²) in [5.41, 5.74) is 3.19. The van der Waals surface area contributed by atoms with Gasteiger partial charge in [0, 0.05) is 24.0 Å². The lowest BCUT2D eigenvalue weighted by molar-refractivity contribution is -0.125. The predicted octanol–water partition coefficient (Wildman–Crippen LogP) is 1.38. The average molecular weight is 365 g/mol. The number of benzene rings is 1. The molecule has 1 N–H and O–H groups in total. The Morgan fingerprint density at radius 3 is 2.93 bits per heavy atom. The van der Waals surface area contributed by atoms with E-state index in [4.69, 9.17) is 4.74 Å². The minimum absolute atomic E-state index is 0.0436. The Kier molecular flexibility index (Phi) is 3.71. The first-order valence-electron chi connectivity index (χ1n) is 9.00. The number of carbonyl (C=O) groups is 2. The van der Waals surface area contributed by atoms with Crippen LogP contribution in [-0.4, -0.2) is 57.8 Å². The van der Waals surface area contributed by atoms with Crippen LogP contribution in [0.2, 0.25) is 0 Å². The van der Waals surface area contributed by atoms with Gasteiger partial charge in [0.2, 0.25) is 0 Å². The van der Waals surface area contributed by atoms with Crippen molar-refractivity contribution >= 4 is 28.4 Å². The van der Waals surface area contributed by atoms with Gasteiger partial charge in [-0.2, -0.15) is 5.10 Å². The highest BCUT2D eigenvalue weighted by molar-refractivity contribution is 5.98. The zero-order valence-electron chi connectivity index (χ0n) is 14.7. The number of aromatic nitrogens is 3. The second-order valence-corrected chi connectivity index (χ2v) is 6.79. The van der Waals surface area contributed by atoms with E-state index < -0.39 is 0 Å². The fraction of sp³-hybridized carbons (Fsp3) is 0.316. The van der Waals surface area contributed by atoms with Crippen molar-refractivity contribution in [1.29, 1.82) is 0 Å². The quantitative estimate of drug-likeness (QED) is 0.744. The summed E-state index contributed by atoms with van der Waals surface area (Å²) in [4.78, 5) is 31.9. The van der Waals surface area contributed by atoms with E-state index in [1.165, 1.54) is 0 Å². The van der Waals surface area contributed by atoms with E-state index in [-0.39, 0.29) is 18.4 Å². The molecule has 0 unspecified atom stereocenters. The van der Waals surface area contributed by atoms with Crippen LogP contribution in [0.15, 0.2) is 36.5 Å². The van der Waals surface area contributed by atoms with Gasteiger partial charge in [-0.05, 0) is 12.1 Å². The van der Waals surface area contributed by atoms with E-state index in [0.717, 1.165) is 22.3 Å². The standard InChI is InChI=1S/C19H19N5O3/c25-18-12-27-8-7-23(18)16-10-20-24-6-5-22(11-17(16)24)19(26)15-9-13-3-1-2-4-14(13)21-15/h1-4,9-10,21H,5-8,11-12H2. The van der Waals surface area contributed by atoms with E-state index in [9.17, 15) is 9.59 Å². The van der Waals surface area contributed by atoms with Crippen molar-refractivity contribution in [3.8, 4) is 0 Å². The molecule has 138 valence electrons. The normalized spacial score (nSPS) is 17.4. The van der Waals surface area contributed by atoms with Crippen LogP contribution in [0.5, 0.6) is 0 Å². The highest BCUT2D eigenvalue weighted by atomic mass is 16.5. The van der Waals surface area contributed by atoms with Gasteiger partial charge in [-0.3, -0.25) is 14.3 Å². The Labute approximate surface area is 155 Å². The van der Waals surface area contributed by atoms with Crippen LogP contribution in [0.4, 0.5) is 5.69 Å². The van der Waals surface area contributed by atoms with E-state index >= 15 is 0 Å². The van der Waals surface area contributed by atoms with E-state index in [2.05, 4.69) is 10.1 Å². The zero-order valence-corrected chi connectivity index (χ0v) is 14.7. The second kappa shape index (κ2) is 6.24. The Hall–Kier alpha value is -3.13. The van der Waals surface area contributed by atoms with Gasteiger partial charge in [0.05, 0.1) is 37.3 Å². The Morgan fingerprint density at radius 2 is 2.07 bits per heavy atom. The number of ether oxygens (including phenoxy) is 1. The molecule has 5 rings (SSSR count). The smallest absolute Gasteiger partial charge is 0.270 e. The van der Waals surface area contributed by atoms with E-state index in [1.54, 1.807) is 16.0 Å². The van der Waals surface area contributed by atoms with Crippen molar-refractivity contribution in [2.24, 2.45) is 0 Å². The second-order valence-electron chi connectivity index (χ2n) is 6.79. The molecule has 0 bridgehead atoms. The third-order valence-electron chi connectivity index (χ3n) is 5.17. The molecule has 8 heteroatoms. The van der Waals surface area contributed by atoms with E-state index in [0.29, 0.717) is 38.5 Å². The summed E-state index contributed by atoms with van der Waals surface area (Å²) < 4.78 is 7.10. The first-order chi connectivity index (χ1) is 13.2. The number of amides is 2. The molecule has 2 aliphatic heterocycles. The molecule has 1 saturated heterocycles. The first kappa shape index (κ1) is 16.1. The van der Waals surface area contributed by atoms with Crippen LogP contribution in [0.3, 0.4) is 0 Å². The summed E-state index contributed by atoms with van der Waals surface area (Å²) in [5, 5.41) is 5.42. The number of hydrogen-bond donors (Lipinski definition) is 1. The maximum atomic E-state index is 13.0. The number of aromatic amines is 1. The molecule has 8 nitrogen and oxygen atoms in total. The van der Waals surface area contributed by atoms with Gasteiger partial charge in [0.1, 0.15) is 12.3 Å². The fourth-order valence-electron chi connectivity index (χ4n) is 3.76. The highest BCUT2D eigenvalue weighted by Crippen LogP contribution is 2.27. The third-order valence-corrected chi connectivity index (χ3v) is 5.17. The number of fused-ring (bicyclic) bond motifs is 2. The Morgan fingerprint density at radius 1 is 1.19 bits per heavy atom. The molecule has 3 aromatic rings. The molecule has 27 heavy (non-hydrogen) atoms. The number of carbonyl (C=O) groups excluding carboxylic acids is 2. The number of nitrogens with zero attached hydrogens (tertiary/aromatic N) is 4.